The van der Waals surface area contributed by atoms with E-state index < -0.39 is 0 Å². The Morgan fingerprint density at radius 2 is 1.91 bits per heavy atom. The number of para-hydroxylation sites is 1. The molecule has 22 heavy (non-hydrogen) atoms. The molecule has 1 aromatic carbocycles. The van der Waals surface area contributed by atoms with Crippen molar-refractivity contribution in [1.82, 2.24) is 15.1 Å². The van der Waals surface area contributed by atoms with Crippen LogP contribution in [0.4, 0.5) is 10.5 Å². The number of urea groups is 1. The van der Waals surface area contributed by atoms with Crippen LogP contribution < -0.4 is 10.6 Å². The van der Waals surface area contributed by atoms with Gasteiger partial charge < -0.3 is 10.6 Å². The van der Waals surface area contributed by atoms with Gasteiger partial charge in [-0.3, -0.25) is 0 Å². The minimum absolute atomic E-state index is 0.136. The molecule has 1 saturated carbocycles. The quantitative estimate of drug-likeness (QED) is 0.909. The van der Waals surface area contributed by atoms with E-state index in [1.165, 1.54) is 19.3 Å². The van der Waals surface area contributed by atoms with Crippen LogP contribution >= 0.6 is 0 Å². The summed E-state index contributed by atoms with van der Waals surface area (Å²) in [6.07, 6.45) is 7.70. The number of hydrogen-bond acceptors (Lipinski definition) is 2. The van der Waals surface area contributed by atoms with Gasteiger partial charge in [0.1, 0.15) is 0 Å². The third kappa shape index (κ3) is 3.47. The summed E-state index contributed by atoms with van der Waals surface area (Å²) >= 11 is 0. The maximum absolute atomic E-state index is 12.1. The number of rotatable bonds is 3. The van der Waals surface area contributed by atoms with Gasteiger partial charge in [-0.25, -0.2) is 9.48 Å². The van der Waals surface area contributed by atoms with E-state index in [9.17, 15) is 4.79 Å². The largest absolute Gasteiger partial charge is 0.335 e. The highest BCUT2D eigenvalue weighted by atomic mass is 16.2. The number of nitrogens with one attached hydrogen (secondary N) is 2. The van der Waals surface area contributed by atoms with Crippen LogP contribution in [-0.2, 0) is 0 Å². The number of carbonyl (C=O) groups excluding carboxylic acids is 1. The van der Waals surface area contributed by atoms with Gasteiger partial charge in [0.05, 0.1) is 23.3 Å². The van der Waals surface area contributed by atoms with Crippen LogP contribution in [0.3, 0.4) is 0 Å². The van der Waals surface area contributed by atoms with Crippen molar-refractivity contribution in [2.75, 3.05) is 5.32 Å². The van der Waals surface area contributed by atoms with Gasteiger partial charge in [-0.1, -0.05) is 37.5 Å². The van der Waals surface area contributed by atoms with E-state index in [1.807, 2.05) is 43.5 Å². The fourth-order valence-corrected chi connectivity index (χ4v) is 2.89. The third-order valence-electron chi connectivity index (χ3n) is 4.11. The molecule has 2 aromatic rings. The van der Waals surface area contributed by atoms with Crippen LogP contribution in [0.15, 0.2) is 36.5 Å². The second-order valence-electron chi connectivity index (χ2n) is 5.84. The number of aromatic nitrogens is 2. The van der Waals surface area contributed by atoms with Gasteiger partial charge >= 0.3 is 6.03 Å². The Hall–Kier alpha value is -2.30. The van der Waals surface area contributed by atoms with Gasteiger partial charge in [-0.15, -0.1) is 0 Å². The lowest BCUT2D eigenvalue weighted by molar-refractivity contribution is 0.244. The second-order valence-corrected chi connectivity index (χ2v) is 5.84. The van der Waals surface area contributed by atoms with Crippen molar-refractivity contribution >= 4 is 11.7 Å². The monoisotopic (exact) mass is 298 g/mol. The molecule has 2 amide bonds. The van der Waals surface area contributed by atoms with Crippen LogP contribution in [0.1, 0.15) is 37.8 Å². The van der Waals surface area contributed by atoms with Crippen LogP contribution in [0.25, 0.3) is 5.69 Å². The number of benzene rings is 1. The molecule has 1 aliphatic carbocycles. The highest BCUT2D eigenvalue weighted by Gasteiger charge is 2.16. The van der Waals surface area contributed by atoms with E-state index in [4.69, 9.17) is 0 Å². The molecule has 5 nitrogen and oxygen atoms in total. The average Bonchev–Trinajstić information content (AvgIpc) is 2.90. The molecule has 0 saturated heterocycles. The van der Waals surface area contributed by atoms with Crippen molar-refractivity contribution in [2.24, 2.45) is 0 Å². The normalized spacial score (nSPS) is 15.5. The summed E-state index contributed by atoms with van der Waals surface area (Å²) in [6, 6.07) is 10.0. The molecule has 1 heterocycles. The first-order valence-corrected chi connectivity index (χ1v) is 7.91. The summed E-state index contributed by atoms with van der Waals surface area (Å²) < 4.78 is 1.78. The summed E-state index contributed by atoms with van der Waals surface area (Å²) in [5.41, 5.74) is 2.53. The van der Waals surface area contributed by atoms with E-state index in [0.717, 1.165) is 29.9 Å². The van der Waals surface area contributed by atoms with Crippen molar-refractivity contribution < 1.29 is 4.79 Å². The first-order valence-electron chi connectivity index (χ1n) is 7.91. The van der Waals surface area contributed by atoms with E-state index >= 15 is 0 Å². The molecule has 116 valence electrons. The number of nitrogens with zero attached hydrogens (tertiary/aromatic N) is 2. The van der Waals surface area contributed by atoms with Gasteiger partial charge in [-0.2, -0.15) is 5.10 Å². The lowest BCUT2D eigenvalue weighted by atomic mass is 9.96. The predicted molar refractivity (Wildman–Crippen MR) is 87.3 cm³/mol. The fraction of sp³-hybridized carbons (Fsp3) is 0.412. The van der Waals surface area contributed by atoms with Crippen molar-refractivity contribution in [3.05, 3.63) is 42.2 Å². The third-order valence-corrected chi connectivity index (χ3v) is 4.11. The van der Waals surface area contributed by atoms with Crippen molar-refractivity contribution in [2.45, 2.75) is 45.1 Å². The van der Waals surface area contributed by atoms with Crippen LogP contribution in [0.5, 0.6) is 0 Å². The standard InChI is InChI=1S/C17H22N4O/c1-13-16(12-21(20-13)15-10-6-3-7-11-15)19-17(22)18-14-8-4-2-5-9-14/h3,6-7,10-12,14H,2,4-5,8-9H2,1H3,(H2,18,19,22). The molecule has 0 unspecified atom stereocenters. The molecule has 2 N–H and O–H groups in total. The van der Waals surface area contributed by atoms with Gasteiger partial charge in [0.15, 0.2) is 0 Å². The van der Waals surface area contributed by atoms with Crippen molar-refractivity contribution in [3.8, 4) is 5.69 Å². The summed E-state index contributed by atoms with van der Waals surface area (Å²) in [7, 11) is 0. The first-order chi connectivity index (χ1) is 10.7. The maximum atomic E-state index is 12.1. The van der Waals surface area contributed by atoms with E-state index in [1.54, 1.807) is 4.68 Å². The first kappa shape index (κ1) is 14.6. The molecule has 1 aromatic heterocycles. The summed E-state index contributed by atoms with van der Waals surface area (Å²) in [5.74, 6) is 0. The van der Waals surface area contributed by atoms with Crippen LogP contribution in [0, 0.1) is 6.92 Å². The SMILES string of the molecule is Cc1nn(-c2ccccc2)cc1NC(=O)NC1CCCCC1. The predicted octanol–water partition coefficient (Wildman–Crippen LogP) is 3.63. The molecule has 3 rings (SSSR count). The number of amides is 2. The summed E-state index contributed by atoms with van der Waals surface area (Å²) in [6.45, 7) is 1.90. The molecule has 0 spiro atoms. The minimum atomic E-state index is -0.136. The molecule has 1 fully saturated rings. The number of anilines is 1. The summed E-state index contributed by atoms with van der Waals surface area (Å²) in [5, 5.41) is 10.4. The van der Waals surface area contributed by atoms with Crippen molar-refractivity contribution in [3.63, 3.8) is 0 Å². The second kappa shape index (κ2) is 6.64. The Morgan fingerprint density at radius 3 is 2.64 bits per heavy atom. The zero-order valence-corrected chi connectivity index (χ0v) is 12.9. The fourth-order valence-electron chi connectivity index (χ4n) is 2.89. The molecule has 0 aliphatic heterocycles. The number of carbonyl (C=O) groups is 1. The zero-order valence-electron chi connectivity index (χ0n) is 12.9. The lowest BCUT2D eigenvalue weighted by Crippen LogP contribution is -2.39. The van der Waals surface area contributed by atoms with Gasteiger partial charge in [0.2, 0.25) is 0 Å². The molecule has 0 atom stereocenters. The molecular weight excluding hydrogens is 276 g/mol. The topological polar surface area (TPSA) is 59.0 Å². The van der Waals surface area contributed by atoms with E-state index in [0.29, 0.717) is 6.04 Å². The van der Waals surface area contributed by atoms with Gasteiger partial charge in [0, 0.05) is 6.04 Å². The van der Waals surface area contributed by atoms with Crippen LogP contribution in [0.2, 0.25) is 0 Å². The van der Waals surface area contributed by atoms with E-state index in [-0.39, 0.29) is 6.03 Å². The van der Waals surface area contributed by atoms with E-state index in [2.05, 4.69) is 15.7 Å². The minimum Gasteiger partial charge on any atom is -0.335 e. The number of hydrogen-bond donors (Lipinski definition) is 2. The smallest absolute Gasteiger partial charge is 0.319 e. The van der Waals surface area contributed by atoms with Gasteiger partial charge in [0.25, 0.3) is 0 Å². The Labute approximate surface area is 130 Å². The zero-order chi connectivity index (χ0) is 15.4. The van der Waals surface area contributed by atoms with Gasteiger partial charge in [-0.05, 0) is 31.9 Å². The Balaban J connectivity index is 1.65. The molecule has 0 radical (unpaired) electrons. The Morgan fingerprint density at radius 1 is 1.18 bits per heavy atom. The average molecular weight is 298 g/mol. The highest BCUT2D eigenvalue weighted by molar-refractivity contribution is 5.89. The Kier molecular flexibility index (Phi) is 4.42. The number of aryl methyl sites for hydroxylation is 1. The van der Waals surface area contributed by atoms with Crippen molar-refractivity contribution in [1.29, 1.82) is 0 Å². The molecule has 1 aliphatic rings. The maximum Gasteiger partial charge on any atom is 0.319 e. The lowest BCUT2D eigenvalue weighted by Gasteiger charge is -2.22. The highest BCUT2D eigenvalue weighted by Crippen LogP contribution is 2.19. The van der Waals surface area contributed by atoms with Crippen LogP contribution in [-0.4, -0.2) is 21.9 Å². The Bertz CT molecular complexity index is 629. The molecule has 0 bridgehead atoms. The molecular formula is C17H22N4O. The summed E-state index contributed by atoms with van der Waals surface area (Å²) in [4.78, 5) is 12.1. The molecule has 5 heteroatoms.